The van der Waals surface area contributed by atoms with E-state index in [0.717, 1.165) is 31.4 Å². The fourth-order valence-corrected chi connectivity index (χ4v) is 0.967. The number of aryl methyl sites for hydroxylation is 1. The van der Waals surface area contributed by atoms with Gasteiger partial charge >= 0.3 is 18.9 Å². The molecule has 0 aliphatic heterocycles. The van der Waals surface area contributed by atoms with Gasteiger partial charge in [0.15, 0.2) is 0 Å². The number of unbranched alkanes of at least 4 members (excludes halogenated alkanes) is 2. The summed E-state index contributed by atoms with van der Waals surface area (Å²) >= 11 is 0. The molecule has 0 fully saturated rings. The predicted molar refractivity (Wildman–Crippen MR) is 43.4 cm³/mol. The van der Waals surface area contributed by atoms with E-state index in [-0.39, 0.29) is 18.9 Å². The normalized spacial score (nSPS) is 8.58. The largest absolute Gasteiger partial charge is 1.00 e. The fraction of sp³-hybridized carbons (Fsp3) is 0.400. The Bertz CT molecular complexity index is 220. The molecule has 0 unspecified atom stereocenters. The van der Waals surface area contributed by atoms with E-state index < -0.39 is 0 Å². The van der Waals surface area contributed by atoms with E-state index in [1.54, 1.807) is 6.26 Å². The minimum Gasteiger partial charge on any atom is -0.694 e. The summed E-state index contributed by atoms with van der Waals surface area (Å²) < 4.78 is 5.15. The third-order valence-electron chi connectivity index (χ3n) is 1.56. The molecule has 1 nitrogen and oxygen atoms in total. The van der Waals surface area contributed by atoms with Gasteiger partial charge in [-0.15, -0.1) is 0 Å². The molecule has 1 rings (SSSR count). The van der Waals surface area contributed by atoms with Crippen LogP contribution >= 0.6 is 0 Å². The first-order valence-electron chi connectivity index (χ1n) is 3.85. The zero-order chi connectivity index (χ0) is 7.94. The van der Waals surface area contributed by atoms with Crippen LogP contribution in [0.1, 0.15) is 25.0 Å². The quantitative estimate of drug-likeness (QED) is 0.248. The van der Waals surface area contributed by atoms with Gasteiger partial charge in [-0.25, -0.2) is 0 Å². The second-order valence-electron chi connectivity index (χ2n) is 2.46. The average molecular weight is 154 g/mol. The van der Waals surface area contributed by atoms with Crippen LogP contribution in [0.2, 0.25) is 0 Å². The molecular weight excluding hydrogens is 143 g/mol. The zero-order valence-corrected chi connectivity index (χ0v) is 7.47. The summed E-state index contributed by atoms with van der Waals surface area (Å²) in [6.45, 7) is 0. The molecule has 1 heterocycles. The summed E-state index contributed by atoms with van der Waals surface area (Å²) in [5, 5.41) is 0. The van der Waals surface area contributed by atoms with Gasteiger partial charge in [0, 0.05) is 6.42 Å². The van der Waals surface area contributed by atoms with Gasteiger partial charge in [-0.2, -0.15) is 0 Å². The van der Waals surface area contributed by atoms with Crippen LogP contribution in [0.25, 0.3) is 0 Å². The summed E-state index contributed by atoms with van der Waals surface area (Å²) in [4.78, 5) is 0. The van der Waals surface area contributed by atoms with Crippen LogP contribution in [0, 0.1) is 12.3 Å². The summed E-state index contributed by atoms with van der Waals surface area (Å²) in [5.41, 5.74) is 0. The van der Waals surface area contributed by atoms with Crippen LogP contribution in [0.15, 0.2) is 22.8 Å². The van der Waals surface area contributed by atoms with Crippen LogP contribution in [0.4, 0.5) is 0 Å². The molecule has 0 spiro atoms. The molecule has 0 aliphatic rings. The number of hydrogen-bond acceptors (Lipinski definition) is 1. The third-order valence-corrected chi connectivity index (χ3v) is 1.56. The predicted octanol–water partition coefficient (Wildman–Crippen LogP) is -0.414. The maximum absolute atomic E-state index is 6.68. The second kappa shape index (κ2) is 7.11. The van der Waals surface area contributed by atoms with E-state index in [1.807, 2.05) is 12.1 Å². The van der Waals surface area contributed by atoms with Crippen molar-refractivity contribution < 1.29 is 23.3 Å². The SMILES string of the molecule is [C-]#CCCCCc1ccco1.[Li+]. The first kappa shape index (κ1) is 11.4. The number of rotatable bonds is 4. The van der Waals surface area contributed by atoms with Gasteiger partial charge in [-0.05, 0) is 31.4 Å². The molecule has 0 amide bonds. The maximum atomic E-state index is 6.68. The first-order chi connectivity index (χ1) is 5.43. The van der Waals surface area contributed by atoms with Crippen molar-refractivity contribution in [2.75, 3.05) is 0 Å². The smallest absolute Gasteiger partial charge is 0.694 e. The van der Waals surface area contributed by atoms with E-state index in [4.69, 9.17) is 10.8 Å². The van der Waals surface area contributed by atoms with Gasteiger partial charge in [0.2, 0.25) is 0 Å². The molecule has 58 valence electrons. The van der Waals surface area contributed by atoms with Crippen molar-refractivity contribution in [1.29, 1.82) is 0 Å². The van der Waals surface area contributed by atoms with Crippen molar-refractivity contribution in [2.45, 2.75) is 25.7 Å². The maximum Gasteiger partial charge on any atom is 1.00 e. The molecule has 0 radical (unpaired) electrons. The van der Waals surface area contributed by atoms with Crippen molar-refractivity contribution in [3.63, 3.8) is 0 Å². The van der Waals surface area contributed by atoms with Crippen molar-refractivity contribution in [3.05, 3.63) is 30.6 Å². The molecule has 0 saturated carbocycles. The van der Waals surface area contributed by atoms with Gasteiger partial charge in [0.05, 0.1) is 6.26 Å². The Kier molecular flexibility index (Phi) is 6.77. The standard InChI is InChI=1S/C10H11O.Li/c1-2-3-4-5-7-10-8-6-9-11-10;/h6,8-9H,3-5,7H2;/q-1;+1. The summed E-state index contributed by atoms with van der Waals surface area (Å²) in [5.74, 6) is 3.40. The van der Waals surface area contributed by atoms with E-state index in [9.17, 15) is 0 Å². The Morgan fingerprint density at radius 1 is 1.42 bits per heavy atom. The van der Waals surface area contributed by atoms with E-state index >= 15 is 0 Å². The van der Waals surface area contributed by atoms with Crippen LogP contribution < -0.4 is 18.9 Å². The molecule has 0 N–H and O–H groups in total. The number of hydrogen-bond donors (Lipinski definition) is 0. The number of furan rings is 1. The van der Waals surface area contributed by atoms with Gasteiger partial charge in [0.1, 0.15) is 5.76 Å². The molecule has 0 bridgehead atoms. The second-order valence-corrected chi connectivity index (χ2v) is 2.46. The molecule has 0 aromatic carbocycles. The minimum atomic E-state index is 0. The zero-order valence-electron chi connectivity index (χ0n) is 7.47. The third kappa shape index (κ3) is 4.34. The van der Waals surface area contributed by atoms with Gasteiger partial charge in [0.25, 0.3) is 0 Å². The van der Waals surface area contributed by atoms with E-state index in [1.165, 1.54) is 0 Å². The Balaban J connectivity index is 0.00000121. The Hall–Kier alpha value is -0.563. The van der Waals surface area contributed by atoms with Gasteiger partial charge in [-0.3, -0.25) is 0 Å². The van der Waals surface area contributed by atoms with E-state index in [0.29, 0.717) is 0 Å². The molecule has 2 heteroatoms. The first-order valence-corrected chi connectivity index (χ1v) is 3.85. The van der Waals surface area contributed by atoms with Gasteiger partial charge < -0.3 is 16.8 Å². The molecular formula is C10H11LiO. The Morgan fingerprint density at radius 3 is 2.83 bits per heavy atom. The minimum absolute atomic E-state index is 0. The summed E-state index contributed by atoms with van der Waals surface area (Å²) in [6.07, 6.45) is 12.2. The molecule has 12 heavy (non-hydrogen) atoms. The van der Waals surface area contributed by atoms with E-state index in [2.05, 4.69) is 5.92 Å². The van der Waals surface area contributed by atoms with Crippen LogP contribution in [0.3, 0.4) is 0 Å². The average Bonchev–Trinajstić information content (AvgIpc) is 2.50. The summed E-state index contributed by atoms with van der Waals surface area (Å²) in [6, 6.07) is 3.88. The van der Waals surface area contributed by atoms with Crippen LogP contribution in [-0.2, 0) is 6.42 Å². The Morgan fingerprint density at radius 2 is 2.25 bits per heavy atom. The van der Waals surface area contributed by atoms with Crippen molar-refractivity contribution in [1.82, 2.24) is 0 Å². The Labute approximate surface area is 85.7 Å². The molecule has 0 saturated heterocycles. The molecule has 0 aliphatic carbocycles. The van der Waals surface area contributed by atoms with Crippen molar-refractivity contribution >= 4 is 0 Å². The van der Waals surface area contributed by atoms with Crippen molar-refractivity contribution in [2.24, 2.45) is 0 Å². The monoisotopic (exact) mass is 154 g/mol. The fourth-order valence-electron chi connectivity index (χ4n) is 0.967. The van der Waals surface area contributed by atoms with Gasteiger partial charge in [-0.1, -0.05) is 0 Å². The van der Waals surface area contributed by atoms with Crippen molar-refractivity contribution in [3.8, 4) is 5.92 Å². The molecule has 1 aromatic rings. The molecule has 1 aromatic heterocycles. The van der Waals surface area contributed by atoms with Crippen LogP contribution in [0.5, 0.6) is 0 Å². The topological polar surface area (TPSA) is 13.1 Å². The van der Waals surface area contributed by atoms with Crippen LogP contribution in [-0.4, -0.2) is 0 Å². The summed E-state index contributed by atoms with van der Waals surface area (Å²) in [7, 11) is 0. The molecule has 0 atom stereocenters.